The lowest BCUT2D eigenvalue weighted by Crippen LogP contribution is -2.36. The van der Waals surface area contributed by atoms with Crippen LogP contribution >= 0.6 is 15.9 Å². The Morgan fingerprint density at radius 1 is 1.38 bits per heavy atom. The highest BCUT2D eigenvalue weighted by molar-refractivity contribution is 9.10. The molecule has 0 amide bonds. The third kappa shape index (κ3) is 2.25. The minimum absolute atomic E-state index is 0.253. The summed E-state index contributed by atoms with van der Waals surface area (Å²) in [4.78, 5) is 2.38. The van der Waals surface area contributed by atoms with Crippen LogP contribution in [0.2, 0.25) is 12.6 Å². The molecule has 0 N–H and O–H groups in total. The van der Waals surface area contributed by atoms with Crippen LogP contribution in [0.1, 0.15) is 5.56 Å². The van der Waals surface area contributed by atoms with Crippen molar-refractivity contribution in [1.29, 1.82) is 5.26 Å². The van der Waals surface area contributed by atoms with Crippen LogP contribution in [0, 0.1) is 18.2 Å². The summed E-state index contributed by atoms with van der Waals surface area (Å²) in [6.07, 6.45) is 1.98. The predicted octanol–water partition coefficient (Wildman–Crippen LogP) is 3.14. The maximum Gasteiger partial charge on any atom is 0.271 e. The van der Waals surface area contributed by atoms with Crippen LogP contribution in [0.5, 0.6) is 0 Å². The Hall–Kier alpha value is -0.945. The van der Waals surface area contributed by atoms with Crippen molar-refractivity contribution in [2.75, 3.05) is 18.0 Å². The van der Waals surface area contributed by atoms with E-state index in [2.05, 4.69) is 51.9 Å². The lowest BCUT2D eigenvalue weighted by molar-refractivity contribution is 0.818. The summed E-state index contributed by atoms with van der Waals surface area (Å²) in [5, 5.41) is 8.87. The van der Waals surface area contributed by atoms with E-state index in [1.807, 2.05) is 0 Å². The molecule has 0 spiro atoms. The van der Waals surface area contributed by atoms with Crippen molar-refractivity contribution < 1.29 is 0 Å². The van der Waals surface area contributed by atoms with Crippen molar-refractivity contribution in [3.05, 3.63) is 28.2 Å². The fourth-order valence-electron chi connectivity index (χ4n) is 2.19. The zero-order valence-corrected chi connectivity index (χ0v) is 11.0. The Bertz CT molecular complexity index is 420. The van der Waals surface area contributed by atoms with Crippen molar-refractivity contribution in [3.8, 4) is 5.97 Å². The Labute approximate surface area is 105 Å². The monoisotopic (exact) mass is 276 g/mol. The third-order valence-electron chi connectivity index (χ3n) is 3.26. The van der Waals surface area contributed by atoms with Crippen molar-refractivity contribution in [1.82, 2.24) is 0 Å². The Morgan fingerprint density at radius 2 is 2.06 bits per heavy atom. The van der Waals surface area contributed by atoms with Gasteiger partial charge in [-0.25, -0.2) is 5.26 Å². The first-order valence-electron chi connectivity index (χ1n) is 5.62. The van der Waals surface area contributed by atoms with Crippen LogP contribution in [-0.4, -0.2) is 19.8 Å². The van der Waals surface area contributed by atoms with E-state index in [1.54, 1.807) is 0 Å². The smallest absolute Gasteiger partial charge is 0.271 e. The Kier molecular flexibility index (Phi) is 3.55. The first kappa shape index (κ1) is 11.5. The number of rotatable bonds is 1. The zero-order chi connectivity index (χ0) is 11.5. The van der Waals surface area contributed by atoms with Gasteiger partial charge in [-0.1, -0.05) is 22.0 Å². The molecular weight excluding hydrogens is 263 g/mol. The molecule has 1 aromatic carbocycles. The van der Waals surface area contributed by atoms with Crippen LogP contribution < -0.4 is 4.90 Å². The second kappa shape index (κ2) is 4.92. The van der Waals surface area contributed by atoms with Gasteiger partial charge >= 0.3 is 0 Å². The van der Waals surface area contributed by atoms with Crippen LogP contribution in [0.4, 0.5) is 5.69 Å². The zero-order valence-electron chi connectivity index (χ0n) is 9.41. The number of hydrogen-bond donors (Lipinski definition) is 0. The van der Waals surface area contributed by atoms with Gasteiger partial charge in [0.25, 0.3) is 6.71 Å². The van der Waals surface area contributed by atoms with Crippen molar-refractivity contribution in [3.63, 3.8) is 0 Å². The highest BCUT2D eigenvalue weighted by Gasteiger charge is 2.23. The maximum absolute atomic E-state index is 8.87. The number of benzene rings is 1. The summed E-state index contributed by atoms with van der Waals surface area (Å²) in [5.74, 6) is 2.37. The molecule has 2 rings (SSSR count). The first-order valence-corrected chi connectivity index (χ1v) is 6.41. The van der Waals surface area contributed by atoms with Gasteiger partial charge in [0, 0.05) is 29.2 Å². The molecular formula is C12H14BBrN2. The number of anilines is 1. The standard InChI is InChI=1S/C12H14BBrN2/c1-10-11(14)3-2-4-12(10)16-7-5-13(9-15)6-8-16/h2-4H,5-8H2,1H3. The molecule has 0 aromatic heterocycles. The van der Waals surface area contributed by atoms with Gasteiger partial charge in [0.2, 0.25) is 0 Å². The molecule has 82 valence electrons. The van der Waals surface area contributed by atoms with E-state index in [0.717, 1.165) is 30.2 Å². The molecule has 1 aliphatic rings. The summed E-state index contributed by atoms with van der Waals surface area (Å²) in [6, 6.07) is 6.30. The minimum Gasteiger partial charge on any atom is -0.373 e. The molecule has 2 nitrogen and oxygen atoms in total. The molecule has 0 aliphatic carbocycles. The van der Waals surface area contributed by atoms with Gasteiger partial charge in [0.05, 0.1) is 0 Å². The average molecular weight is 277 g/mol. The molecule has 1 heterocycles. The SMILES string of the molecule is Cc1c(Br)cccc1N1CCB(C#N)CC1. The molecule has 0 unspecified atom stereocenters. The first-order chi connectivity index (χ1) is 7.72. The van der Waals surface area contributed by atoms with E-state index < -0.39 is 0 Å². The second-order valence-electron chi connectivity index (χ2n) is 4.27. The summed E-state index contributed by atoms with van der Waals surface area (Å²) in [5.41, 5.74) is 2.59. The molecule has 0 saturated carbocycles. The molecule has 0 atom stereocenters. The number of halogens is 1. The molecule has 1 aliphatic heterocycles. The lowest BCUT2D eigenvalue weighted by Gasteiger charge is -2.31. The molecule has 0 bridgehead atoms. The van der Waals surface area contributed by atoms with Gasteiger partial charge in [-0.15, -0.1) is 0 Å². The number of nitriles is 1. The second-order valence-corrected chi connectivity index (χ2v) is 5.13. The van der Waals surface area contributed by atoms with Gasteiger partial charge in [0.15, 0.2) is 0 Å². The fourth-order valence-corrected chi connectivity index (χ4v) is 2.54. The molecule has 4 heteroatoms. The molecule has 1 fully saturated rings. The van der Waals surface area contributed by atoms with Gasteiger partial charge < -0.3 is 4.90 Å². The van der Waals surface area contributed by atoms with Crippen LogP contribution in [0.25, 0.3) is 0 Å². The minimum atomic E-state index is 0.253. The molecule has 16 heavy (non-hydrogen) atoms. The summed E-state index contributed by atoms with van der Waals surface area (Å²) in [7, 11) is 0. The van der Waals surface area contributed by atoms with E-state index in [-0.39, 0.29) is 6.71 Å². The van der Waals surface area contributed by atoms with E-state index in [4.69, 9.17) is 5.26 Å². The van der Waals surface area contributed by atoms with Crippen molar-refractivity contribution >= 4 is 28.3 Å². The Morgan fingerprint density at radius 3 is 2.69 bits per heavy atom. The third-order valence-corrected chi connectivity index (χ3v) is 4.12. The van der Waals surface area contributed by atoms with Crippen LogP contribution in [0.3, 0.4) is 0 Å². The highest BCUT2D eigenvalue weighted by atomic mass is 79.9. The summed E-state index contributed by atoms with van der Waals surface area (Å²) >= 11 is 3.56. The topological polar surface area (TPSA) is 27.0 Å². The van der Waals surface area contributed by atoms with Crippen molar-refractivity contribution in [2.24, 2.45) is 0 Å². The van der Waals surface area contributed by atoms with Gasteiger partial charge in [0.1, 0.15) is 0 Å². The molecule has 1 saturated heterocycles. The maximum atomic E-state index is 8.87. The van der Waals surface area contributed by atoms with E-state index in [1.165, 1.54) is 11.3 Å². The van der Waals surface area contributed by atoms with Crippen LogP contribution in [0.15, 0.2) is 22.7 Å². The predicted molar refractivity (Wildman–Crippen MR) is 72.1 cm³/mol. The summed E-state index contributed by atoms with van der Waals surface area (Å²) in [6.45, 7) is 4.38. The normalized spacial score (nSPS) is 16.1. The Balaban J connectivity index is 2.15. The van der Waals surface area contributed by atoms with Gasteiger partial charge in [-0.2, -0.15) is 0 Å². The van der Waals surface area contributed by atoms with E-state index in [9.17, 15) is 0 Å². The van der Waals surface area contributed by atoms with Gasteiger partial charge in [-0.3, -0.25) is 0 Å². The van der Waals surface area contributed by atoms with Crippen molar-refractivity contribution in [2.45, 2.75) is 19.6 Å². The number of hydrogen-bond acceptors (Lipinski definition) is 2. The van der Waals surface area contributed by atoms with Crippen LogP contribution in [-0.2, 0) is 0 Å². The fraction of sp³-hybridized carbons (Fsp3) is 0.417. The molecule has 1 aromatic rings. The summed E-state index contributed by atoms with van der Waals surface area (Å²) < 4.78 is 1.16. The highest BCUT2D eigenvalue weighted by Crippen LogP contribution is 2.28. The van der Waals surface area contributed by atoms with E-state index >= 15 is 0 Å². The number of nitrogens with zero attached hydrogens (tertiary/aromatic N) is 2. The molecule has 0 radical (unpaired) electrons. The average Bonchev–Trinajstić information content (AvgIpc) is 2.33. The van der Waals surface area contributed by atoms with Gasteiger partial charge in [-0.05, 0) is 37.3 Å². The van der Waals surface area contributed by atoms with E-state index in [0.29, 0.717) is 0 Å². The lowest BCUT2D eigenvalue weighted by atomic mass is 9.45. The largest absolute Gasteiger partial charge is 0.373 e. The quantitative estimate of drug-likeness (QED) is 0.737.